The molecule has 0 saturated heterocycles. The number of hydrogen-bond acceptors (Lipinski definition) is 5. The van der Waals surface area contributed by atoms with E-state index >= 15 is 0 Å². The molecule has 3 aromatic rings. The summed E-state index contributed by atoms with van der Waals surface area (Å²) in [4.78, 5) is 27.4. The minimum atomic E-state index is -4.39. The molecule has 0 unspecified atom stereocenters. The summed E-state index contributed by atoms with van der Waals surface area (Å²) < 4.78 is 34.1. The molecular weight excluding hydrogens is 527 g/mol. The monoisotopic (exact) mass is 550 g/mol. The Morgan fingerprint density at radius 1 is 0.972 bits per heavy atom. The van der Waals surface area contributed by atoms with E-state index in [0.717, 1.165) is 5.56 Å². The van der Waals surface area contributed by atoms with Crippen LogP contribution in [0, 0.1) is 0 Å². The number of ether oxygens (including phenoxy) is 1. The molecule has 0 bridgehead atoms. The Balaban J connectivity index is 1.77. The molecule has 0 fully saturated rings. The number of amides is 3. The highest BCUT2D eigenvalue weighted by molar-refractivity contribution is 7.91. The highest BCUT2D eigenvalue weighted by Crippen LogP contribution is 2.30. The van der Waals surface area contributed by atoms with Gasteiger partial charge in [0.15, 0.2) is 0 Å². The van der Waals surface area contributed by atoms with Crippen LogP contribution in [0.3, 0.4) is 0 Å². The first-order valence-electron chi connectivity index (χ1n) is 10.6. The maximum Gasteiger partial charge on any atom is 0.330 e. The third-order valence-electron chi connectivity index (χ3n) is 5.10. The second kappa shape index (κ2) is 12.0. The molecule has 3 amide bonds. The fourth-order valence-corrected chi connectivity index (χ4v) is 4.50. The average molecular weight is 551 g/mol. The molecular formula is C24H24Cl2N4O5S. The number of nitrogens with one attached hydrogen (secondary N) is 3. The third kappa shape index (κ3) is 7.27. The van der Waals surface area contributed by atoms with E-state index in [4.69, 9.17) is 27.9 Å². The Labute approximate surface area is 219 Å². The number of likely N-dealkylation sites (N-methyl/N-ethyl adjacent to an activating group) is 1. The molecule has 1 atom stereocenters. The number of urea groups is 1. The van der Waals surface area contributed by atoms with Gasteiger partial charge in [-0.3, -0.25) is 9.52 Å². The Hall–Kier alpha value is -3.47. The maximum atomic E-state index is 13.3. The molecule has 9 nitrogen and oxygen atoms in total. The minimum Gasteiger partial charge on any atom is -0.497 e. The van der Waals surface area contributed by atoms with Crippen LogP contribution in [-0.4, -0.2) is 40.6 Å². The molecule has 3 N–H and O–H groups in total. The Morgan fingerprint density at radius 3 is 2.28 bits per heavy atom. The summed E-state index contributed by atoms with van der Waals surface area (Å²) in [6.07, 6.45) is 0.126. The smallest absolute Gasteiger partial charge is 0.330 e. The van der Waals surface area contributed by atoms with Gasteiger partial charge in [-0.1, -0.05) is 59.6 Å². The third-order valence-corrected chi connectivity index (χ3v) is 6.86. The van der Waals surface area contributed by atoms with Crippen molar-refractivity contribution in [3.63, 3.8) is 0 Å². The number of methoxy groups -OCH3 is 1. The molecule has 0 heterocycles. The quantitative estimate of drug-likeness (QED) is 0.368. The van der Waals surface area contributed by atoms with Crippen molar-refractivity contribution in [1.82, 2.24) is 10.0 Å². The van der Waals surface area contributed by atoms with Crippen molar-refractivity contribution in [3.05, 3.63) is 88.4 Å². The number of nitrogens with zero attached hydrogens (tertiary/aromatic N) is 1. The standard InChI is InChI=1S/C24H24Cl2N4O5S/c1-30(17-11-13-18(35-2)14-12-17)23(31)21(15-16-7-4-3-5-8-16)27-24(32)29-36(33,34)28-20-10-6-9-19(25)22(20)26/h3-14,21,28H,15H2,1-2H3,(H2,27,29,32)/t21-/m0/s1. The molecule has 0 aliphatic carbocycles. The molecule has 0 aliphatic heterocycles. The highest BCUT2D eigenvalue weighted by Gasteiger charge is 2.27. The van der Waals surface area contributed by atoms with Gasteiger partial charge in [-0.15, -0.1) is 0 Å². The Morgan fingerprint density at radius 2 is 1.64 bits per heavy atom. The van der Waals surface area contributed by atoms with E-state index in [1.807, 2.05) is 10.8 Å². The first-order valence-corrected chi connectivity index (χ1v) is 12.8. The van der Waals surface area contributed by atoms with E-state index < -0.39 is 28.2 Å². The molecule has 0 aliphatic rings. The molecule has 190 valence electrons. The maximum absolute atomic E-state index is 13.3. The zero-order valence-corrected chi connectivity index (χ0v) is 21.7. The SMILES string of the molecule is COc1ccc(N(C)C(=O)[C@H](Cc2ccccc2)NC(=O)NS(=O)(=O)Nc2cccc(Cl)c2Cl)cc1. The van der Waals surface area contributed by atoms with E-state index in [9.17, 15) is 18.0 Å². The summed E-state index contributed by atoms with van der Waals surface area (Å²) in [5.74, 6) is 0.165. The minimum absolute atomic E-state index is 0.0133. The second-order valence-electron chi connectivity index (χ2n) is 7.62. The predicted molar refractivity (Wildman–Crippen MR) is 141 cm³/mol. The lowest BCUT2D eigenvalue weighted by Crippen LogP contribution is -2.53. The average Bonchev–Trinajstić information content (AvgIpc) is 2.85. The van der Waals surface area contributed by atoms with Crippen LogP contribution in [0.1, 0.15) is 5.56 Å². The molecule has 3 aromatic carbocycles. The van der Waals surface area contributed by atoms with Crippen LogP contribution in [-0.2, 0) is 21.4 Å². The van der Waals surface area contributed by atoms with Gasteiger partial charge in [0.05, 0.1) is 22.8 Å². The van der Waals surface area contributed by atoms with Gasteiger partial charge < -0.3 is 15.0 Å². The van der Waals surface area contributed by atoms with Gasteiger partial charge in [-0.2, -0.15) is 8.42 Å². The predicted octanol–water partition coefficient (Wildman–Crippen LogP) is 4.23. The van der Waals surface area contributed by atoms with Crippen LogP contribution < -0.4 is 24.4 Å². The molecule has 36 heavy (non-hydrogen) atoms. The van der Waals surface area contributed by atoms with Crippen LogP contribution in [0.25, 0.3) is 0 Å². The molecule has 0 saturated carbocycles. The van der Waals surface area contributed by atoms with Gasteiger partial charge >= 0.3 is 16.2 Å². The zero-order valence-electron chi connectivity index (χ0n) is 19.4. The summed E-state index contributed by atoms with van der Waals surface area (Å²) in [6, 6.07) is 18.0. The van der Waals surface area contributed by atoms with Crippen LogP contribution in [0.5, 0.6) is 5.75 Å². The Kier molecular flexibility index (Phi) is 9.03. The van der Waals surface area contributed by atoms with Gasteiger partial charge in [0.1, 0.15) is 11.8 Å². The van der Waals surface area contributed by atoms with E-state index in [0.29, 0.717) is 11.4 Å². The van der Waals surface area contributed by atoms with Crippen LogP contribution in [0.2, 0.25) is 10.0 Å². The molecule has 3 rings (SSSR count). The van der Waals surface area contributed by atoms with Crippen LogP contribution in [0.4, 0.5) is 16.2 Å². The normalized spacial score (nSPS) is 11.8. The van der Waals surface area contributed by atoms with E-state index in [-0.39, 0.29) is 22.2 Å². The zero-order chi connectivity index (χ0) is 26.3. The van der Waals surface area contributed by atoms with E-state index in [1.165, 1.54) is 30.2 Å². The van der Waals surface area contributed by atoms with Crippen LogP contribution >= 0.6 is 23.2 Å². The molecule has 0 radical (unpaired) electrons. The van der Waals surface area contributed by atoms with E-state index in [1.54, 1.807) is 55.6 Å². The van der Waals surface area contributed by atoms with E-state index in [2.05, 4.69) is 10.0 Å². The number of carbonyl (C=O) groups excluding carboxylic acids is 2. The summed E-state index contributed by atoms with van der Waals surface area (Å²) >= 11 is 11.9. The molecule has 0 aromatic heterocycles. The Bertz CT molecular complexity index is 1320. The van der Waals surface area contributed by atoms with Gasteiger partial charge in [0.25, 0.3) is 0 Å². The highest BCUT2D eigenvalue weighted by atomic mass is 35.5. The topological polar surface area (TPSA) is 117 Å². The van der Waals surface area contributed by atoms with Crippen molar-refractivity contribution in [2.45, 2.75) is 12.5 Å². The van der Waals surface area contributed by atoms with Crippen molar-refractivity contribution in [2.24, 2.45) is 0 Å². The summed E-state index contributed by atoms with van der Waals surface area (Å²) in [5, 5.41) is 2.57. The van der Waals surface area contributed by atoms with Crippen molar-refractivity contribution in [2.75, 3.05) is 23.8 Å². The van der Waals surface area contributed by atoms with Gasteiger partial charge in [0.2, 0.25) is 5.91 Å². The summed E-state index contributed by atoms with van der Waals surface area (Å²) in [6.45, 7) is 0. The number of benzene rings is 3. The largest absolute Gasteiger partial charge is 0.497 e. The first kappa shape index (κ1) is 27.1. The number of hydrogen-bond donors (Lipinski definition) is 3. The van der Waals surface area contributed by atoms with Gasteiger partial charge in [0, 0.05) is 19.2 Å². The fraction of sp³-hybridized carbons (Fsp3) is 0.167. The first-order chi connectivity index (χ1) is 17.1. The number of rotatable bonds is 9. The van der Waals surface area contributed by atoms with Gasteiger partial charge in [-0.05, 0) is 42.0 Å². The summed E-state index contributed by atoms with van der Waals surface area (Å²) in [5.41, 5.74) is 1.32. The van der Waals surface area contributed by atoms with Gasteiger partial charge in [-0.25, -0.2) is 9.52 Å². The lowest BCUT2D eigenvalue weighted by molar-refractivity contribution is -0.120. The number of carbonyl (C=O) groups is 2. The molecule has 0 spiro atoms. The lowest BCUT2D eigenvalue weighted by Gasteiger charge is -2.25. The van der Waals surface area contributed by atoms with Crippen molar-refractivity contribution >= 4 is 56.7 Å². The van der Waals surface area contributed by atoms with Crippen molar-refractivity contribution in [1.29, 1.82) is 0 Å². The number of halogens is 2. The lowest BCUT2D eigenvalue weighted by atomic mass is 10.0. The number of anilines is 2. The van der Waals surface area contributed by atoms with Crippen molar-refractivity contribution < 1.29 is 22.7 Å². The van der Waals surface area contributed by atoms with Crippen molar-refractivity contribution in [3.8, 4) is 5.75 Å². The summed E-state index contributed by atoms with van der Waals surface area (Å²) in [7, 11) is -1.30. The second-order valence-corrected chi connectivity index (χ2v) is 9.82. The fourth-order valence-electron chi connectivity index (χ4n) is 3.28. The molecule has 12 heteroatoms. The van der Waals surface area contributed by atoms with Crippen LogP contribution in [0.15, 0.2) is 72.8 Å².